The van der Waals surface area contributed by atoms with E-state index < -0.39 is 33.4 Å². The fraction of sp³-hybridized carbons (Fsp3) is 0.355. The van der Waals surface area contributed by atoms with Crippen LogP contribution >= 0.6 is 0 Å². The second-order valence-corrected chi connectivity index (χ2v) is 12.1. The number of rotatable bonds is 15. The third-order valence-electron chi connectivity index (χ3n) is 6.94. The molecule has 230 valence electrons. The molecule has 0 saturated carbocycles. The van der Waals surface area contributed by atoms with Crippen LogP contribution in [0.25, 0.3) is 0 Å². The highest BCUT2D eigenvalue weighted by molar-refractivity contribution is 7.92. The van der Waals surface area contributed by atoms with Gasteiger partial charge in [0.05, 0.1) is 24.0 Å². The van der Waals surface area contributed by atoms with Crippen LogP contribution in [0.1, 0.15) is 36.5 Å². The van der Waals surface area contributed by atoms with Crippen LogP contribution in [-0.2, 0) is 32.6 Å². The number of hydrogen-bond acceptors (Lipinski definition) is 7. The van der Waals surface area contributed by atoms with Crippen molar-refractivity contribution in [3.05, 3.63) is 99.6 Å². The molecule has 1 atom stereocenters. The zero-order chi connectivity index (χ0) is 31.6. The summed E-state index contributed by atoms with van der Waals surface area (Å²) in [7, 11) is -2.55. The van der Waals surface area contributed by atoms with E-state index >= 15 is 0 Å². The Bertz CT molecular complexity index is 1530. The number of sulfonamides is 1. The number of methoxy groups -OCH3 is 1. The number of nitrogens with zero attached hydrogens (tertiary/aromatic N) is 3. The third kappa shape index (κ3) is 9.27. The molecule has 43 heavy (non-hydrogen) atoms. The van der Waals surface area contributed by atoms with Gasteiger partial charge in [-0.3, -0.25) is 24.0 Å². The van der Waals surface area contributed by atoms with Crippen LogP contribution < -0.4 is 14.4 Å². The van der Waals surface area contributed by atoms with Crippen LogP contribution in [0.4, 0.5) is 11.4 Å². The average molecular weight is 611 g/mol. The van der Waals surface area contributed by atoms with E-state index in [2.05, 4.69) is 5.32 Å². The summed E-state index contributed by atoms with van der Waals surface area (Å²) in [5.74, 6) is -0.460. The van der Waals surface area contributed by atoms with Gasteiger partial charge in [0.1, 0.15) is 18.3 Å². The Hall–Kier alpha value is -4.45. The summed E-state index contributed by atoms with van der Waals surface area (Å²) in [5.41, 5.74) is 1.62. The van der Waals surface area contributed by atoms with Crippen molar-refractivity contribution in [2.24, 2.45) is 0 Å². The Morgan fingerprint density at radius 2 is 1.72 bits per heavy atom. The number of carbonyl (C=O) groups is 2. The summed E-state index contributed by atoms with van der Waals surface area (Å²) in [6.45, 7) is 3.35. The lowest BCUT2D eigenvalue weighted by Crippen LogP contribution is -2.53. The molecule has 0 aromatic heterocycles. The highest BCUT2D eigenvalue weighted by atomic mass is 32.2. The van der Waals surface area contributed by atoms with E-state index in [0.717, 1.165) is 35.0 Å². The van der Waals surface area contributed by atoms with Gasteiger partial charge in [0.25, 0.3) is 5.69 Å². The number of aryl methyl sites for hydroxylation is 1. The molecule has 0 heterocycles. The van der Waals surface area contributed by atoms with Gasteiger partial charge in [-0.05, 0) is 42.2 Å². The molecule has 0 fully saturated rings. The van der Waals surface area contributed by atoms with E-state index in [0.29, 0.717) is 23.4 Å². The fourth-order valence-electron chi connectivity index (χ4n) is 4.60. The molecule has 1 N–H and O–H groups in total. The number of benzene rings is 3. The molecule has 0 aliphatic carbocycles. The average Bonchev–Trinajstić information content (AvgIpc) is 2.98. The molecule has 0 radical (unpaired) electrons. The zero-order valence-corrected chi connectivity index (χ0v) is 25.7. The number of non-ortho nitro benzene ring substituents is 1. The summed E-state index contributed by atoms with van der Waals surface area (Å²) in [5, 5.41) is 14.4. The normalized spacial score (nSPS) is 11.8. The molecule has 0 unspecified atom stereocenters. The largest absolute Gasteiger partial charge is 0.497 e. The highest BCUT2D eigenvalue weighted by Crippen LogP contribution is 2.28. The number of carbonyl (C=O) groups excluding carboxylic acids is 2. The van der Waals surface area contributed by atoms with Gasteiger partial charge < -0.3 is 15.0 Å². The van der Waals surface area contributed by atoms with Gasteiger partial charge in [-0.15, -0.1) is 0 Å². The molecular weight excluding hydrogens is 572 g/mol. The third-order valence-corrected chi connectivity index (χ3v) is 8.07. The van der Waals surface area contributed by atoms with Gasteiger partial charge in [-0.1, -0.05) is 61.9 Å². The summed E-state index contributed by atoms with van der Waals surface area (Å²) < 4.78 is 32.3. The Labute approximate surface area is 252 Å². The number of anilines is 1. The number of ether oxygens (including phenoxy) is 1. The van der Waals surface area contributed by atoms with Crippen molar-refractivity contribution >= 4 is 33.2 Å². The van der Waals surface area contributed by atoms with Crippen molar-refractivity contribution in [1.82, 2.24) is 10.2 Å². The molecule has 0 aliphatic heterocycles. The SMILES string of the molecule is CCCCNC(=O)[C@@H](Cc1ccccc1)N(Cc1cccc(OC)c1)C(=O)CN(c1cc([N+](=O)[O-])ccc1C)S(C)(=O)=O. The number of nitro groups is 1. The first-order valence-corrected chi connectivity index (χ1v) is 15.8. The smallest absolute Gasteiger partial charge is 0.271 e. The maximum atomic E-state index is 14.2. The number of amides is 2. The van der Waals surface area contributed by atoms with Crippen molar-refractivity contribution in [3.8, 4) is 5.75 Å². The zero-order valence-electron chi connectivity index (χ0n) is 24.9. The minimum absolute atomic E-state index is 0.0124. The molecule has 3 aromatic carbocycles. The van der Waals surface area contributed by atoms with E-state index in [-0.39, 0.29) is 30.2 Å². The first-order chi connectivity index (χ1) is 20.4. The van der Waals surface area contributed by atoms with Crippen LogP contribution in [0.5, 0.6) is 5.75 Å². The van der Waals surface area contributed by atoms with Gasteiger partial charge in [-0.2, -0.15) is 0 Å². The van der Waals surface area contributed by atoms with E-state index in [1.54, 1.807) is 31.2 Å². The van der Waals surface area contributed by atoms with Crippen LogP contribution in [-0.4, -0.2) is 62.6 Å². The number of hydrogen-bond donors (Lipinski definition) is 1. The lowest BCUT2D eigenvalue weighted by Gasteiger charge is -2.33. The van der Waals surface area contributed by atoms with Gasteiger partial charge in [0, 0.05) is 31.6 Å². The minimum Gasteiger partial charge on any atom is -0.497 e. The lowest BCUT2D eigenvalue weighted by molar-refractivity contribution is -0.384. The molecule has 3 aromatic rings. The maximum absolute atomic E-state index is 14.2. The summed E-state index contributed by atoms with van der Waals surface area (Å²) in [6.07, 6.45) is 2.73. The Balaban J connectivity index is 2.10. The number of nitrogens with one attached hydrogen (secondary N) is 1. The molecule has 3 rings (SSSR count). The first kappa shape index (κ1) is 33.1. The van der Waals surface area contributed by atoms with Crippen LogP contribution in [0, 0.1) is 17.0 Å². The topological polar surface area (TPSA) is 139 Å². The monoisotopic (exact) mass is 610 g/mol. The number of unbranched alkanes of at least 4 members (excludes halogenated alkanes) is 1. The van der Waals surface area contributed by atoms with Gasteiger partial charge in [-0.25, -0.2) is 8.42 Å². The molecule has 0 saturated heterocycles. The van der Waals surface area contributed by atoms with Crippen LogP contribution in [0.2, 0.25) is 0 Å². The van der Waals surface area contributed by atoms with E-state index in [9.17, 15) is 28.1 Å². The summed E-state index contributed by atoms with van der Waals surface area (Å²) in [4.78, 5) is 40.1. The second-order valence-electron chi connectivity index (χ2n) is 10.2. The van der Waals surface area contributed by atoms with E-state index in [1.165, 1.54) is 24.1 Å². The Kier molecular flexibility index (Phi) is 11.6. The van der Waals surface area contributed by atoms with Gasteiger partial charge in [0.2, 0.25) is 21.8 Å². The second kappa shape index (κ2) is 15.1. The standard InChI is InChI=1S/C31H38N4O7S/c1-5-6-17-32-31(37)29(19-24-11-8-7-9-12-24)33(21-25-13-10-14-27(18-25)42-3)30(36)22-34(43(4,40)41)28-20-26(35(38)39)16-15-23(28)2/h7-16,18,20,29H,5-6,17,19,21-22H2,1-4H3,(H,32,37)/t29-/m1/s1. The van der Waals surface area contributed by atoms with Crippen LogP contribution in [0.15, 0.2) is 72.8 Å². The molecule has 0 aliphatic rings. The van der Waals surface area contributed by atoms with Gasteiger partial charge in [0.15, 0.2) is 0 Å². The van der Waals surface area contributed by atoms with Crippen molar-refractivity contribution in [3.63, 3.8) is 0 Å². The lowest BCUT2D eigenvalue weighted by atomic mass is 10.0. The first-order valence-electron chi connectivity index (χ1n) is 13.9. The molecular formula is C31H38N4O7S. The molecule has 11 nitrogen and oxygen atoms in total. The number of nitro benzene ring substituents is 1. The molecule has 2 amide bonds. The van der Waals surface area contributed by atoms with Gasteiger partial charge >= 0.3 is 0 Å². The molecule has 12 heteroatoms. The predicted octanol–water partition coefficient (Wildman–Crippen LogP) is 4.23. The summed E-state index contributed by atoms with van der Waals surface area (Å²) in [6, 6.07) is 19.2. The van der Waals surface area contributed by atoms with Crippen molar-refractivity contribution in [1.29, 1.82) is 0 Å². The van der Waals surface area contributed by atoms with E-state index in [1.807, 2.05) is 37.3 Å². The Morgan fingerprint density at radius 3 is 2.35 bits per heavy atom. The Morgan fingerprint density at radius 1 is 1.02 bits per heavy atom. The summed E-state index contributed by atoms with van der Waals surface area (Å²) >= 11 is 0. The van der Waals surface area contributed by atoms with Crippen LogP contribution in [0.3, 0.4) is 0 Å². The molecule has 0 spiro atoms. The molecule has 0 bridgehead atoms. The fourth-order valence-corrected chi connectivity index (χ4v) is 5.50. The van der Waals surface area contributed by atoms with Crippen molar-refractivity contribution in [2.45, 2.75) is 45.7 Å². The van der Waals surface area contributed by atoms with Crippen molar-refractivity contribution < 1.29 is 27.7 Å². The quantitative estimate of drug-likeness (QED) is 0.154. The maximum Gasteiger partial charge on any atom is 0.271 e. The highest BCUT2D eigenvalue weighted by Gasteiger charge is 2.33. The minimum atomic E-state index is -4.07. The predicted molar refractivity (Wildman–Crippen MR) is 165 cm³/mol. The van der Waals surface area contributed by atoms with Crippen molar-refractivity contribution in [2.75, 3.05) is 30.8 Å². The van der Waals surface area contributed by atoms with E-state index in [4.69, 9.17) is 4.74 Å².